The summed E-state index contributed by atoms with van der Waals surface area (Å²) in [6.07, 6.45) is 3.29. The van der Waals surface area contributed by atoms with E-state index < -0.39 is 0 Å². The van der Waals surface area contributed by atoms with Crippen LogP contribution in [0.5, 0.6) is 0 Å². The number of hydrogen-bond donors (Lipinski definition) is 1. The van der Waals surface area contributed by atoms with E-state index in [1.165, 1.54) is 6.92 Å². The molecule has 0 spiro atoms. The topological polar surface area (TPSA) is 58.6 Å². The number of benzene rings is 1. The molecule has 0 aliphatic rings. The van der Waals surface area contributed by atoms with Crippen molar-refractivity contribution in [2.75, 3.05) is 0 Å². The van der Waals surface area contributed by atoms with Gasteiger partial charge in [-0.15, -0.1) is 0 Å². The highest BCUT2D eigenvalue weighted by Crippen LogP contribution is 2.30. The Balaban J connectivity index is 2.24. The second kappa shape index (κ2) is 4.59. The monoisotopic (exact) mass is 315 g/mol. The fraction of sp³-hybridized carbons (Fsp3) is 0.0714. The van der Waals surface area contributed by atoms with Gasteiger partial charge in [0.15, 0.2) is 5.78 Å². The normalized spacial score (nSPS) is 10.8. The minimum Gasteiger partial charge on any atom is -0.336 e. The maximum absolute atomic E-state index is 11.3. The lowest BCUT2D eigenvalue weighted by atomic mass is 10.1. The molecule has 0 saturated heterocycles. The number of halogens is 1. The van der Waals surface area contributed by atoms with Gasteiger partial charge >= 0.3 is 0 Å². The van der Waals surface area contributed by atoms with Crippen LogP contribution in [0.25, 0.3) is 22.3 Å². The van der Waals surface area contributed by atoms with Crippen LogP contribution in [0.3, 0.4) is 0 Å². The highest BCUT2D eigenvalue weighted by molar-refractivity contribution is 9.10. The van der Waals surface area contributed by atoms with Crippen LogP contribution in [0.2, 0.25) is 0 Å². The third-order valence-corrected chi connectivity index (χ3v) is 3.62. The number of pyridine rings is 1. The quantitative estimate of drug-likeness (QED) is 0.735. The molecule has 0 atom stereocenters. The van der Waals surface area contributed by atoms with E-state index in [-0.39, 0.29) is 5.78 Å². The molecule has 3 aromatic rings. The Hall–Kier alpha value is -2.01. The van der Waals surface area contributed by atoms with Gasteiger partial charge in [-0.2, -0.15) is 0 Å². The lowest BCUT2D eigenvalue weighted by Crippen LogP contribution is -1.92. The van der Waals surface area contributed by atoms with E-state index in [2.05, 4.69) is 30.9 Å². The number of nitrogens with one attached hydrogen (secondary N) is 1. The van der Waals surface area contributed by atoms with Crippen molar-refractivity contribution < 1.29 is 4.79 Å². The summed E-state index contributed by atoms with van der Waals surface area (Å²) in [6, 6.07) is 7.77. The zero-order valence-electron chi connectivity index (χ0n) is 10.1. The summed E-state index contributed by atoms with van der Waals surface area (Å²) in [6.45, 7) is 1.51. The van der Waals surface area contributed by atoms with Crippen molar-refractivity contribution in [3.8, 4) is 11.4 Å². The number of aromatic nitrogens is 3. The van der Waals surface area contributed by atoms with Gasteiger partial charge in [-0.1, -0.05) is 22.0 Å². The molecule has 3 rings (SSSR count). The van der Waals surface area contributed by atoms with Gasteiger partial charge in [0.2, 0.25) is 0 Å². The number of rotatable bonds is 2. The Morgan fingerprint density at radius 2 is 2.11 bits per heavy atom. The number of nitrogens with zero attached hydrogens (tertiary/aromatic N) is 2. The van der Waals surface area contributed by atoms with Crippen LogP contribution in [0.4, 0.5) is 0 Å². The standard InChI is InChI=1S/C14H10BrN3O/c1-8(19)12-7-17-14(18-12)10-4-5-11(15)9-3-2-6-16-13(9)10/h2-7H,1H3,(H,17,18). The van der Waals surface area contributed by atoms with E-state index in [0.717, 1.165) is 20.9 Å². The largest absolute Gasteiger partial charge is 0.336 e. The van der Waals surface area contributed by atoms with Crippen molar-refractivity contribution in [2.45, 2.75) is 6.92 Å². The van der Waals surface area contributed by atoms with E-state index in [9.17, 15) is 4.79 Å². The predicted molar refractivity (Wildman–Crippen MR) is 77.0 cm³/mol. The molecule has 0 unspecified atom stereocenters. The number of carbonyl (C=O) groups is 1. The van der Waals surface area contributed by atoms with Crippen LogP contribution in [-0.2, 0) is 0 Å². The molecule has 0 aliphatic carbocycles. The fourth-order valence-electron chi connectivity index (χ4n) is 1.97. The SMILES string of the molecule is CC(=O)c1cnc(-c2ccc(Br)c3cccnc23)[nH]1. The molecule has 2 heterocycles. The first-order chi connectivity index (χ1) is 9.16. The van der Waals surface area contributed by atoms with Gasteiger partial charge in [-0.25, -0.2) is 4.98 Å². The van der Waals surface area contributed by atoms with E-state index in [4.69, 9.17) is 0 Å². The van der Waals surface area contributed by atoms with Crippen LogP contribution in [0, 0.1) is 0 Å². The van der Waals surface area contributed by atoms with Gasteiger partial charge in [0, 0.05) is 28.5 Å². The first-order valence-corrected chi connectivity index (χ1v) is 6.55. The lowest BCUT2D eigenvalue weighted by molar-refractivity contribution is 0.101. The summed E-state index contributed by atoms with van der Waals surface area (Å²) in [5.74, 6) is 0.620. The van der Waals surface area contributed by atoms with Crippen molar-refractivity contribution in [3.63, 3.8) is 0 Å². The van der Waals surface area contributed by atoms with Crippen LogP contribution in [0.1, 0.15) is 17.4 Å². The van der Waals surface area contributed by atoms with E-state index in [0.29, 0.717) is 11.5 Å². The molecule has 0 saturated carbocycles. The maximum Gasteiger partial charge on any atom is 0.177 e. The Morgan fingerprint density at radius 3 is 2.84 bits per heavy atom. The number of hydrogen-bond acceptors (Lipinski definition) is 3. The van der Waals surface area contributed by atoms with Gasteiger partial charge in [0.25, 0.3) is 0 Å². The molecule has 5 heteroatoms. The van der Waals surface area contributed by atoms with Crippen molar-refractivity contribution in [2.24, 2.45) is 0 Å². The summed E-state index contributed by atoms with van der Waals surface area (Å²) in [5, 5.41) is 1.01. The molecule has 94 valence electrons. The van der Waals surface area contributed by atoms with Gasteiger partial charge < -0.3 is 4.98 Å². The smallest absolute Gasteiger partial charge is 0.177 e. The third kappa shape index (κ3) is 2.06. The average Bonchev–Trinajstić information content (AvgIpc) is 2.89. The van der Waals surface area contributed by atoms with Crippen molar-refractivity contribution >= 4 is 32.6 Å². The molecular formula is C14H10BrN3O. The minimum atomic E-state index is -0.0341. The Labute approximate surface area is 118 Å². The van der Waals surface area contributed by atoms with Crippen LogP contribution < -0.4 is 0 Å². The lowest BCUT2D eigenvalue weighted by Gasteiger charge is -2.04. The maximum atomic E-state index is 11.3. The molecule has 19 heavy (non-hydrogen) atoms. The van der Waals surface area contributed by atoms with Crippen LogP contribution >= 0.6 is 15.9 Å². The summed E-state index contributed by atoms with van der Waals surface area (Å²) >= 11 is 3.51. The second-order valence-electron chi connectivity index (χ2n) is 4.20. The van der Waals surface area contributed by atoms with Crippen molar-refractivity contribution in [1.29, 1.82) is 0 Å². The second-order valence-corrected chi connectivity index (χ2v) is 5.05. The Morgan fingerprint density at radius 1 is 1.26 bits per heavy atom. The van der Waals surface area contributed by atoms with Gasteiger partial charge in [-0.05, 0) is 18.2 Å². The molecule has 2 aromatic heterocycles. The number of imidazole rings is 1. The zero-order valence-corrected chi connectivity index (χ0v) is 11.7. The molecule has 0 radical (unpaired) electrons. The number of aromatic amines is 1. The Kier molecular flexibility index (Phi) is 2.91. The zero-order chi connectivity index (χ0) is 13.4. The van der Waals surface area contributed by atoms with E-state index in [1.54, 1.807) is 12.4 Å². The summed E-state index contributed by atoms with van der Waals surface area (Å²) < 4.78 is 0.984. The molecular weight excluding hydrogens is 306 g/mol. The minimum absolute atomic E-state index is 0.0341. The molecule has 0 amide bonds. The molecule has 0 bridgehead atoms. The van der Waals surface area contributed by atoms with Crippen LogP contribution in [-0.4, -0.2) is 20.7 Å². The molecule has 1 aromatic carbocycles. The number of ketones is 1. The van der Waals surface area contributed by atoms with Gasteiger partial charge in [0.05, 0.1) is 11.7 Å². The molecule has 0 fully saturated rings. The Bertz CT molecular complexity index is 779. The van der Waals surface area contributed by atoms with E-state index >= 15 is 0 Å². The number of fused-ring (bicyclic) bond motifs is 1. The first kappa shape index (κ1) is 12.0. The molecule has 0 aliphatic heterocycles. The summed E-state index contributed by atoms with van der Waals surface area (Å²) in [7, 11) is 0. The van der Waals surface area contributed by atoms with Crippen LogP contribution in [0.15, 0.2) is 41.1 Å². The highest BCUT2D eigenvalue weighted by atomic mass is 79.9. The number of carbonyl (C=O) groups excluding carboxylic acids is 1. The fourth-order valence-corrected chi connectivity index (χ4v) is 2.42. The number of H-pyrrole nitrogens is 1. The molecule has 4 nitrogen and oxygen atoms in total. The van der Waals surface area contributed by atoms with E-state index in [1.807, 2.05) is 24.3 Å². The number of Topliss-reactive ketones (excluding diaryl/α,β-unsaturated/α-hetero) is 1. The molecule has 1 N–H and O–H groups in total. The first-order valence-electron chi connectivity index (χ1n) is 5.76. The van der Waals surface area contributed by atoms with Gasteiger partial charge in [-0.3, -0.25) is 9.78 Å². The van der Waals surface area contributed by atoms with Crippen molar-refractivity contribution in [3.05, 3.63) is 46.8 Å². The highest BCUT2D eigenvalue weighted by Gasteiger charge is 2.11. The predicted octanol–water partition coefficient (Wildman–Crippen LogP) is 3.59. The summed E-state index contributed by atoms with van der Waals surface area (Å²) in [5.41, 5.74) is 2.23. The van der Waals surface area contributed by atoms with Gasteiger partial charge in [0.1, 0.15) is 11.5 Å². The average molecular weight is 316 g/mol. The summed E-state index contributed by atoms with van der Waals surface area (Å²) in [4.78, 5) is 23.0. The van der Waals surface area contributed by atoms with Crippen molar-refractivity contribution in [1.82, 2.24) is 15.0 Å². The third-order valence-electron chi connectivity index (χ3n) is 2.93.